The standard InChI is InChI=1S/C20H29N3O2/c1-2-17-10-6-7-12-23(17)20(25)15-22-13-11-21-19(24)14-18(22)16-8-4-3-5-9-16/h3-5,8-9,17-18H,2,6-7,10-15H2,1H3,(H,21,24)/t17-,18-/m1/s1. The number of likely N-dealkylation sites (tertiary alicyclic amines) is 1. The van der Waals surface area contributed by atoms with Gasteiger partial charge in [0.15, 0.2) is 0 Å². The first-order chi connectivity index (χ1) is 12.2. The minimum absolute atomic E-state index is 0.0301. The number of benzene rings is 1. The van der Waals surface area contributed by atoms with Gasteiger partial charge in [0.1, 0.15) is 0 Å². The van der Waals surface area contributed by atoms with Gasteiger partial charge in [0.25, 0.3) is 0 Å². The molecule has 0 unspecified atom stereocenters. The van der Waals surface area contributed by atoms with E-state index < -0.39 is 0 Å². The average molecular weight is 343 g/mol. The molecule has 2 saturated heterocycles. The van der Waals surface area contributed by atoms with Crippen LogP contribution in [0, 0.1) is 0 Å². The van der Waals surface area contributed by atoms with Gasteiger partial charge in [-0.3, -0.25) is 14.5 Å². The van der Waals surface area contributed by atoms with E-state index in [1.54, 1.807) is 0 Å². The monoisotopic (exact) mass is 343 g/mol. The van der Waals surface area contributed by atoms with Gasteiger partial charge in [-0.25, -0.2) is 0 Å². The van der Waals surface area contributed by atoms with Crippen LogP contribution in [-0.4, -0.2) is 53.8 Å². The van der Waals surface area contributed by atoms with Crippen molar-refractivity contribution in [1.29, 1.82) is 0 Å². The van der Waals surface area contributed by atoms with Crippen molar-refractivity contribution in [1.82, 2.24) is 15.1 Å². The minimum atomic E-state index is -0.0301. The second-order valence-electron chi connectivity index (χ2n) is 7.10. The Balaban J connectivity index is 1.75. The van der Waals surface area contributed by atoms with Gasteiger partial charge >= 0.3 is 0 Å². The van der Waals surface area contributed by atoms with E-state index >= 15 is 0 Å². The molecule has 2 aliphatic rings. The Kier molecular flexibility index (Phi) is 6.08. The van der Waals surface area contributed by atoms with Gasteiger partial charge in [-0.1, -0.05) is 37.3 Å². The lowest BCUT2D eigenvalue weighted by Crippen LogP contribution is -2.48. The third kappa shape index (κ3) is 4.40. The van der Waals surface area contributed by atoms with Crippen molar-refractivity contribution in [2.45, 2.75) is 51.1 Å². The molecule has 0 aliphatic carbocycles. The highest BCUT2D eigenvalue weighted by molar-refractivity contribution is 5.80. The summed E-state index contributed by atoms with van der Waals surface area (Å²) in [5.74, 6) is 0.273. The summed E-state index contributed by atoms with van der Waals surface area (Å²) in [7, 11) is 0. The Morgan fingerprint density at radius 1 is 1.20 bits per heavy atom. The molecule has 2 fully saturated rings. The number of carbonyl (C=O) groups is 2. The quantitative estimate of drug-likeness (QED) is 0.913. The maximum absolute atomic E-state index is 13.0. The first kappa shape index (κ1) is 17.9. The Labute approximate surface area is 150 Å². The molecule has 2 atom stereocenters. The summed E-state index contributed by atoms with van der Waals surface area (Å²) in [6.07, 6.45) is 4.87. The smallest absolute Gasteiger partial charge is 0.237 e. The molecule has 0 bridgehead atoms. The number of hydrogen-bond acceptors (Lipinski definition) is 3. The molecule has 0 spiro atoms. The van der Waals surface area contributed by atoms with Crippen LogP contribution in [0.4, 0.5) is 0 Å². The fourth-order valence-electron chi connectivity index (χ4n) is 4.08. The van der Waals surface area contributed by atoms with Crippen molar-refractivity contribution in [3.63, 3.8) is 0 Å². The lowest BCUT2D eigenvalue weighted by atomic mass is 9.99. The highest BCUT2D eigenvalue weighted by atomic mass is 16.2. The van der Waals surface area contributed by atoms with Crippen LogP contribution in [0.15, 0.2) is 30.3 Å². The Morgan fingerprint density at radius 3 is 2.76 bits per heavy atom. The number of nitrogens with one attached hydrogen (secondary N) is 1. The Hall–Kier alpha value is -1.88. The number of nitrogens with zero attached hydrogens (tertiary/aromatic N) is 2. The number of rotatable bonds is 4. The Bertz CT molecular complexity index is 590. The number of amides is 2. The molecule has 2 aliphatic heterocycles. The normalized spacial score (nSPS) is 25.3. The molecule has 0 radical (unpaired) electrons. The third-order valence-electron chi connectivity index (χ3n) is 5.48. The molecule has 136 valence electrons. The van der Waals surface area contributed by atoms with Crippen LogP contribution < -0.4 is 5.32 Å². The molecule has 1 aromatic rings. The fraction of sp³-hybridized carbons (Fsp3) is 0.600. The van der Waals surface area contributed by atoms with Crippen LogP contribution >= 0.6 is 0 Å². The zero-order chi connectivity index (χ0) is 17.6. The van der Waals surface area contributed by atoms with E-state index in [1.807, 2.05) is 18.2 Å². The van der Waals surface area contributed by atoms with E-state index in [0.29, 0.717) is 32.1 Å². The van der Waals surface area contributed by atoms with Crippen LogP contribution in [-0.2, 0) is 9.59 Å². The molecule has 0 saturated carbocycles. The van der Waals surface area contributed by atoms with Gasteiger partial charge in [-0.05, 0) is 31.2 Å². The predicted octanol–water partition coefficient (Wildman–Crippen LogP) is 2.34. The van der Waals surface area contributed by atoms with Gasteiger partial charge in [0.2, 0.25) is 11.8 Å². The van der Waals surface area contributed by atoms with Gasteiger partial charge in [-0.2, -0.15) is 0 Å². The summed E-state index contributed by atoms with van der Waals surface area (Å²) in [4.78, 5) is 29.3. The molecule has 1 N–H and O–H groups in total. The molecule has 25 heavy (non-hydrogen) atoms. The first-order valence-electron chi connectivity index (χ1n) is 9.54. The van der Waals surface area contributed by atoms with E-state index in [1.165, 1.54) is 6.42 Å². The summed E-state index contributed by atoms with van der Waals surface area (Å²) in [5.41, 5.74) is 1.11. The largest absolute Gasteiger partial charge is 0.355 e. The van der Waals surface area contributed by atoms with Crippen molar-refractivity contribution in [3.8, 4) is 0 Å². The van der Waals surface area contributed by atoms with E-state index in [2.05, 4.69) is 34.2 Å². The minimum Gasteiger partial charge on any atom is -0.355 e. The summed E-state index contributed by atoms with van der Waals surface area (Å²) < 4.78 is 0. The second-order valence-corrected chi connectivity index (χ2v) is 7.10. The van der Waals surface area contributed by atoms with Gasteiger partial charge in [0, 0.05) is 38.1 Å². The van der Waals surface area contributed by atoms with Crippen molar-refractivity contribution < 1.29 is 9.59 Å². The third-order valence-corrected chi connectivity index (χ3v) is 5.48. The van der Waals surface area contributed by atoms with Gasteiger partial charge in [0.05, 0.1) is 6.54 Å². The number of hydrogen-bond donors (Lipinski definition) is 1. The summed E-state index contributed by atoms with van der Waals surface area (Å²) in [6, 6.07) is 10.4. The maximum Gasteiger partial charge on any atom is 0.237 e. The van der Waals surface area contributed by atoms with E-state index in [0.717, 1.165) is 31.4 Å². The summed E-state index contributed by atoms with van der Waals surface area (Å²) in [5, 5.41) is 2.94. The van der Waals surface area contributed by atoms with Gasteiger partial charge in [-0.15, -0.1) is 0 Å². The average Bonchev–Trinajstić information content (AvgIpc) is 2.83. The van der Waals surface area contributed by atoms with Crippen LogP contribution in [0.5, 0.6) is 0 Å². The van der Waals surface area contributed by atoms with Crippen molar-refractivity contribution in [2.75, 3.05) is 26.2 Å². The first-order valence-corrected chi connectivity index (χ1v) is 9.54. The highest BCUT2D eigenvalue weighted by Crippen LogP contribution is 2.26. The molecule has 3 rings (SSSR count). The maximum atomic E-state index is 13.0. The number of piperidine rings is 1. The molecule has 0 aromatic heterocycles. The molecule has 5 nitrogen and oxygen atoms in total. The SMILES string of the molecule is CC[C@@H]1CCCCN1C(=O)CN1CCNC(=O)C[C@@H]1c1ccccc1. The molecular weight excluding hydrogens is 314 g/mol. The zero-order valence-corrected chi connectivity index (χ0v) is 15.1. The van der Waals surface area contributed by atoms with E-state index in [-0.39, 0.29) is 17.9 Å². The van der Waals surface area contributed by atoms with Crippen LogP contribution in [0.25, 0.3) is 0 Å². The lowest BCUT2D eigenvalue weighted by molar-refractivity contribution is -0.137. The number of carbonyl (C=O) groups excluding carboxylic acids is 2. The topological polar surface area (TPSA) is 52.7 Å². The predicted molar refractivity (Wildman–Crippen MR) is 98.0 cm³/mol. The van der Waals surface area contributed by atoms with Crippen molar-refractivity contribution in [3.05, 3.63) is 35.9 Å². The molecular formula is C20H29N3O2. The van der Waals surface area contributed by atoms with Crippen molar-refractivity contribution in [2.24, 2.45) is 0 Å². The van der Waals surface area contributed by atoms with E-state index in [4.69, 9.17) is 0 Å². The van der Waals surface area contributed by atoms with Crippen molar-refractivity contribution >= 4 is 11.8 Å². The lowest BCUT2D eigenvalue weighted by Gasteiger charge is -2.38. The van der Waals surface area contributed by atoms with Crippen LogP contribution in [0.3, 0.4) is 0 Å². The highest BCUT2D eigenvalue weighted by Gasteiger charge is 2.31. The summed E-state index contributed by atoms with van der Waals surface area (Å²) >= 11 is 0. The molecule has 2 amide bonds. The van der Waals surface area contributed by atoms with Gasteiger partial charge < -0.3 is 10.2 Å². The molecule has 5 heteroatoms. The molecule has 1 aromatic carbocycles. The summed E-state index contributed by atoms with van der Waals surface area (Å²) in [6.45, 7) is 4.75. The van der Waals surface area contributed by atoms with Crippen LogP contribution in [0.1, 0.15) is 50.6 Å². The zero-order valence-electron chi connectivity index (χ0n) is 15.1. The Morgan fingerprint density at radius 2 is 2.00 bits per heavy atom. The second kappa shape index (κ2) is 8.48. The van der Waals surface area contributed by atoms with Crippen LogP contribution in [0.2, 0.25) is 0 Å². The van der Waals surface area contributed by atoms with E-state index in [9.17, 15) is 9.59 Å². The fourth-order valence-corrected chi connectivity index (χ4v) is 4.08. The molecule has 2 heterocycles.